The zero-order valence-electron chi connectivity index (χ0n) is 12.7. The standard InChI is InChI=1S/C15H17N7/c1-10-9-11(2)22(21-10)15-19-13(16-3)18-14(20-15)17-12-7-5-4-6-8-12/h4-9H,1-3H3,(H2,16,17,18,19,20). The minimum Gasteiger partial charge on any atom is -0.357 e. The van der Waals surface area contributed by atoms with Crippen LogP contribution < -0.4 is 10.6 Å². The van der Waals surface area contributed by atoms with E-state index in [0.29, 0.717) is 17.8 Å². The molecule has 2 heterocycles. The summed E-state index contributed by atoms with van der Waals surface area (Å²) in [4.78, 5) is 13.1. The van der Waals surface area contributed by atoms with Crippen molar-refractivity contribution >= 4 is 17.6 Å². The highest BCUT2D eigenvalue weighted by atomic mass is 15.4. The van der Waals surface area contributed by atoms with Crippen LogP contribution in [0.25, 0.3) is 5.95 Å². The SMILES string of the molecule is CNc1nc(Nc2ccccc2)nc(-n2nc(C)cc2C)n1. The van der Waals surface area contributed by atoms with Gasteiger partial charge in [0.1, 0.15) is 0 Å². The predicted molar refractivity (Wildman–Crippen MR) is 85.7 cm³/mol. The maximum atomic E-state index is 4.45. The molecule has 22 heavy (non-hydrogen) atoms. The summed E-state index contributed by atoms with van der Waals surface area (Å²) in [7, 11) is 1.77. The number of hydrogen-bond acceptors (Lipinski definition) is 6. The Kier molecular flexibility index (Phi) is 3.69. The van der Waals surface area contributed by atoms with Crippen molar-refractivity contribution in [1.29, 1.82) is 0 Å². The summed E-state index contributed by atoms with van der Waals surface area (Å²) in [5.74, 6) is 1.42. The van der Waals surface area contributed by atoms with Gasteiger partial charge in [-0.3, -0.25) is 0 Å². The molecule has 0 saturated heterocycles. The molecule has 0 aliphatic rings. The van der Waals surface area contributed by atoms with E-state index in [9.17, 15) is 0 Å². The van der Waals surface area contributed by atoms with E-state index in [0.717, 1.165) is 17.1 Å². The molecule has 7 nitrogen and oxygen atoms in total. The molecule has 0 aliphatic carbocycles. The van der Waals surface area contributed by atoms with E-state index in [1.807, 2.05) is 50.2 Å². The van der Waals surface area contributed by atoms with E-state index in [4.69, 9.17) is 0 Å². The molecule has 7 heteroatoms. The number of anilines is 3. The lowest BCUT2D eigenvalue weighted by Crippen LogP contribution is -2.11. The molecule has 0 spiro atoms. The van der Waals surface area contributed by atoms with Gasteiger partial charge in [-0.2, -0.15) is 20.1 Å². The molecule has 0 radical (unpaired) electrons. The average molecular weight is 295 g/mol. The summed E-state index contributed by atoms with van der Waals surface area (Å²) in [6.07, 6.45) is 0. The first-order chi connectivity index (χ1) is 10.7. The summed E-state index contributed by atoms with van der Waals surface area (Å²) in [6, 6.07) is 11.7. The molecule has 0 unspecified atom stereocenters. The van der Waals surface area contributed by atoms with Gasteiger partial charge in [-0.25, -0.2) is 4.68 Å². The molecule has 2 aromatic heterocycles. The maximum Gasteiger partial charge on any atom is 0.257 e. The Morgan fingerprint density at radius 3 is 2.32 bits per heavy atom. The van der Waals surface area contributed by atoms with Crippen molar-refractivity contribution in [3.63, 3.8) is 0 Å². The molecule has 112 valence electrons. The Hall–Kier alpha value is -2.96. The third kappa shape index (κ3) is 2.88. The number of rotatable bonds is 4. The molecule has 1 aromatic carbocycles. The minimum atomic E-state index is 0.466. The van der Waals surface area contributed by atoms with Crippen LogP contribution in [0.1, 0.15) is 11.4 Å². The maximum absolute atomic E-state index is 4.45. The van der Waals surface area contributed by atoms with Crippen LogP contribution >= 0.6 is 0 Å². The summed E-state index contributed by atoms with van der Waals surface area (Å²) in [6.45, 7) is 3.90. The number of aryl methyl sites for hydroxylation is 2. The van der Waals surface area contributed by atoms with Crippen LogP contribution in [-0.2, 0) is 0 Å². The van der Waals surface area contributed by atoms with Crippen molar-refractivity contribution < 1.29 is 0 Å². The van der Waals surface area contributed by atoms with Gasteiger partial charge in [0.2, 0.25) is 11.9 Å². The Morgan fingerprint density at radius 2 is 1.68 bits per heavy atom. The Balaban J connectivity index is 2.01. The van der Waals surface area contributed by atoms with Gasteiger partial charge in [0.25, 0.3) is 5.95 Å². The second kappa shape index (κ2) is 5.80. The van der Waals surface area contributed by atoms with Gasteiger partial charge in [-0.1, -0.05) is 18.2 Å². The van der Waals surface area contributed by atoms with Crippen LogP contribution in [0.15, 0.2) is 36.4 Å². The van der Waals surface area contributed by atoms with Crippen molar-refractivity contribution in [3.05, 3.63) is 47.8 Å². The molecular formula is C15H17N7. The number of benzene rings is 1. The van der Waals surface area contributed by atoms with Crippen LogP contribution in [0.3, 0.4) is 0 Å². The summed E-state index contributed by atoms with van der Waals surface area (Å²) < 4.78 is 1.70. The van der Waals surface area contributed by atoms with Gasteiger partial charge < -0.3 is 10.6 Å². The highest BCUT2D eigenvalue weighted by Gasteiger charge is 2.11. The molecule has 3 rings (SSSR count). The van der Waals surface area contributed by atoms with Crippen molar-refractivity contribution in [3.8, 4) is 5.95 Å². The van der Waals surface area contributed by atoms with E-state index in [1.165, 1.54) is 0 Å². The van der Waals surface area contributed by atoms with Crippen molar-refractivity contribution in [1.82, 2.24) is 24.7 Å². The van der Waals surface area contributed by atoms with Gasteiger partial charge >= 0.3 is 0 Å². The number of nitrogens with one attached hydrogen (secondary N) is 2. The summed E-state index contributed by atoms with van der Waals surface area (Å²) in [5, 5.41) is 10.5. The molecule has 0 atom stereocenters. The zero-order chi connectivity index (χ0) is 15.5. The largest absolute Gasteiger partial charge is 0.357 e. The molecular weight excluding hydrogens is 278 g/mol. The first-order valence-electron chi connectivity index (χ1n) is 6.95. The second-order valence-electron chi connectivity index (χ2n) is 4.86. The lowest BCUT2D eigenvalue weighted by atomic mass is 10.3. The van der Waals surface area contributed by atoms with E-state index in [2.05, 4.69) is 30.7 Å². The van der Waals surface area contributed by atoms with Gasteiger partial charge in [0.05, 0.1) is 5.69 Å². The van der Waals surface area contributed by atoms with Crippen molar-refractivity contribution in [2.45, 2.75) is 13.8 Å². The quantitative estimate of drug-likeness (QED) is 0.769. The molecule has 3 aromatic rings. The van der Waals surface area contributed by atoms with E-state index >= 15 is 0 Å². The topological polar surface area (TPSA) is 80.5 Å². The minimum absolute atomic E-state index is 0.466. The van der Waals surface area contributed by atoms with Crippen molar-refractivity contribution in [2.24, 2.45) is 0 Å². The average Bonchev–Trinajstić information content (AvgIpc) is 2.86. The van der Waals surface area contributed by atoms with Crippen LogP contribution in [0.2, 0.25) is 0 Å². The van der Waals surface area contributed by atoms with Gasteiger partial charge in [0, 0.05) is 18.4 Å². The van der Waals surface area contributed by atoms with Crippen LogP contribution in [0, 0.1) is 13.8 Å². The first-order valence-corrected chi connectivity index (χ1v) is 6.95. The smallest absolute Gasteiger partial charge is 0.257 e. The van der Waals surface area contributed by atoms with E-state index < -0.39 is 0 Å². The molecule has 0 fully saturated rings. The highest BCUT2D eigenvalue weighted by molar-refractivity contribution is 5.54. The van der Waals surface area contributed by atoms with E-state index in [1.54, 1.807) is 11.7 Å². The van der Waals surface area contributed by atoms with Crippen LogP contribution in [-0.4, -0.2) is 31.8 Å². The fraction of sp³-hybridized carbons (Fsp3) is 0.200. The molecule has 0 aliphatic heterocycles. The fourth-order valence-electron chi connectivity index (χ4n) is 2.11. The lowest BCUT2D eigenvalue weighted by molar-refractivity contribution is 0.768. The van der Waals surface area contributed by atoms with E-state index in [-0.39, 0.29) is 0 Å². The highest BCUT2D eigenvalue weighted by Crippen LogP contribution is 2.16. The normalized spacial score (nSPS) is 10.5. The predicted octanol–water partition coefficient (Wildman–Crippen LogP) is 2.46. The fourth-order valence-corrected chi connectivity index (χ4v) is 2.11. The zero-order valence-corrected chi connectivity index (χ0v) is 12.7. The van der Waals surface area contributed by atoms with Crippen molar-refractivity contribution in [2.75, 3.05) is 17.7 Å². The van der Waals surface area contributed by atoms with Gasteiger partial charge in [-0.05, 0) is 32.0 Å². The van der Waals surface area contributed by atoms with Gasteiger partial charge in [-0.15, -0.1) is 0 Å². The molecule has 2 N–H and O–H groups in total. The third-order valence-corrected chi connectivity index (χ3v) is 3.08. The summed E-state index contributed by atoms with van der Waals surface area (Å²) >= 11 is 0. The lowest BCUT2D eigenvalue weighted by Gasteiger charge is -2.09. The summed E-state index contributed by atoms with van der Waals surface area (Å²) in [5.41, 5.74) is 2.80. The first kappa shape index (κ1) is 14.0. The van der Waals surface area contributed by atoms with Crippen LogP contribution in [0.5, 0.6) is 0 Å². The number of para-hydroxylation sites is 1. The third-order valence-electron chi connectivity index (χ3n) is 3.08. The Bertz CT molecular complexity index is 780. The number of aromatic nitrogens is 5. The molecule has 0 saturated carbocycles. The van der Waals surface area contributed by atoms with Crippen LogP contribution in [0.4, 0.5) is 17.6 Å². The number of nitrogens with zero attached hydrogens (tertiary/aromatic N) is 5. The monoisotopic (exact) mass is 295 g/mol. The Morgan fingerprint density at radius 1 is 0.955 bits per heavy atom. The molecule has 0 bridgehead atoms. The number of hydrogen-bond donors (Lipinski definition) is 2. The van der Waals surface area contributed by atoms with Gasteiger partial charge in [0.15, 0.2) is 0 Å². The Labute approximate surface area is 128 Å². The molecule has 0 amide bonds. The second-order valence-corrected chi connectivity index (χ2v) is 4.86.